The fourth-order valence-electron chi connectivity index (χ4n) is 1.86. The molecule has 1 atom stereocenters. The van der Waals surface area contributed by atoms with Crippen LogP contribution in [0.15, 0.2) is 16.8 Å². The van der Waals surface area contributed by atoms with E-state index in [1.165, 1.54) is 0 Å². The third-order valence-electron chi connectivity index (χ3n) is 3.25. The Morgan fingerprint density at radius 1 is 1.69 bits per heavy atom. The van der Waals surface area contributed by atoms with Crippen LogP contribution in [0.25, 0.3) is 0 Å². The zero-order valence-electron chi connectivity index (χ0n) is 9.19. The number of nitrogens with one attached hydrogen (secondary N) is 1. The monoisotopic (exact) mass is 234 g/mol. The van der Waals surface area contributed by atoms with Gasteiger partial charge >= 0.3 is 0 Å². The molecule has 0 spiro atoms. The first-order chi connectivity index (χ1) is 7.68. The highest BCUT2D eigenvalue weighted by molar-refractivity contribution is 7.07. The molecule has 84 valence electrons. The summed E-state index contributed by atoms with van der Waals surface area (Å²) in [6.45, 7) is 1.95. The highest BCUT2D eigenvalue weighted by Crippen LogP contribution is 2.40. The Morgan fingerprint density at radius 3 is 2.88 bits per heavy atom. The molecule has 1 saturated carbocycles. The minimum atomic E-state index is -0.746. The van der Waals surface area contributed by atoms with Crippen LogP contribution in [0.1, 0.15) is 37.8 Å². The molecule has 4 heteroatoms. The van der Waals surface area contributed by atoms with E-state index >= 15 is 0 Å². The van der Waals surface area contributed by atoms with Gasteiger partial charge in [0.05, 0.1) is 12.1 Å². The van der Waals surface area contributed by atoms with Gasteiger partial charge in [-0.1, -0.05) is 0 Å². The molecule has 0 saturated heterocycles. The molecule has 0 aromatic carbocycles. The summed E-state index contributed by atoms with van der Waals surface area (Å²) in [6.07, 6.45) is 2.38. The fourth-order valence-corrected chi connectivity index (χ4v) is 2.61. The van der Waals surface area contributed by atoms with Crippen molar-refractivity contribution in [1.82, 2.24) is 5.32 Å². The van der Waals surface area contributed by atoms with E-state index < -0.39 is 5.41 Å². The summed E-state index contributed by atoms with van der Waals surface area (Å²) in [5.74, 6) is -0.111. The lowest BCUT2D eigenvalue weighted by Crippen LogP contribution is -2.45. The zero-order valence-corrected chi connectivity index (χ0v) is 10.0. The lowest BCUT2D eigenvalue weighted by Gasteiger charge is -2.34. The number of carbonyl (C=O) groups excluding carboxylic acids is 1. The van der Waals surface area contributed by atoms with E-state index in [0.717, 1.165) is 12.0 Å². The summed E-state index contributed by atoms with van der Waals surface area (Å²) in [7, 11) is 0. The molecule has 0 radical (unpaired) electrons. The molecule has 1 aliphatic rings. The van der Waals surface area contributed by atoms with E-state index in [1.807, 2.05) is 23.8 Å². The zero-order chi connectivity index (χ0) is 11.6. The van der Waals surface area contributed by atoms with Crippen molar-refractivity contribution in [3.8, 4) is 6.07 Å². The Morgan fingerprint density at radius 2 is 2.44 bits per heavy atom. The summed E-state index contributed by atoms with van der Waals surface area (Å²) >= 11 is 1.61. The number of hydrogen-bond acceptors (Lipinski definition) is 3. The Kier molecular flexibility index (Phi) is 2.97. The van der Waals surface area contributed by atoms with Gasteiger partial charge in [-0.15, -0.1) is 0 Å². The van der Waals surface area contributed by atoms with Gasteiger partial charge in [-0.3, -0.25) is 4.79 Å². The third kappa shape index (κ3) is 1.83. The van der Waals surface area contributed by atoms with Crippen molar-refractivity contribution >= 4 is 17.2 Å². The number of thiophene rings is 1. The maximum absolute atomic E-state index is 12.0. The Balaban J connectivity index is 2.00. The molecule has 0 aliphatic heterocycles. The van der Waals surface area contributed by atoms with Crippen molar-refractivity contribution in [3.05, 3.63) is 22.4 Å². The molecule has 1 amide bonds. The Bertz CT molecular complexity index is 415. The average molecular weight is 234 g/mol. The van der Waals surface area contributed by atoms with Crippen LogP contribution in [-0.2, 0) is 4.79 Å². The van der Waals surface area contributed by atoms with E-state index in [1.54, 1.807) is 11.3 Å². The van der Waals surface area contributed by atoms with Crippen LogP contribution in [0.5, 0.6) is 0 Å². The van der Waals surface area contributed by atoms with Crippen LogP contribution in [0.4, 0.5) is 0 Å². The molecular weight excluding hydrogens is 220 g/mol. The minimum absolute atomic E-state index is 0.00965. The predicted octanol–water partition coefficient (Wildman–Crippen LogP) is 2.62. The third-order valence-corrected chi connectivity index (χ3v) is 3.95. The van der Waals surface area contributed by atoms with Gasteiger partial charge in [0, 0.05) is 0 Å². The maximum Gasteiger partial charge on any atom is 0.240 e. The van der Waals surface area contributed by atoms with Crippen LogP contribution < -0.4 is 5.32 Å². The highest BCUT2D eigenvalue weighted by Gasteiger charge is 2.44. The van der Waals surface area contributed by atoms with Crippen LogP contribution in [0.3, 0.4) is 0 Å². The normalized spacial score (nSPS) is 19.2. The number of nitrogens with zero attached hydrogens (tertiary/aromatic N) is 1. The molecule has 1 aromatic rings. The van der Waals surface area contributed by atoms with E-state index in [-0.39, 0.29) is 11.9 Å². The van der Waals surface area contributed by atoms with Crippen LogP contribution in [0.2, 0.25) is 0 Å². The van der Waals surface area contributed by atoms with Crippen molar-refractivity contribution in [3.63, 3.8) is 0 Å². The summed E-state index contributed by atoms with van der Waals surface area (Å²) in [4.78, 5) is 12.0. The van der Waals surface area contributed by atoms with Crippen LogP contribution >= 0.6 is 11.3 Å². The number of hydrogen-bond donors (Lipinski definition) is 1. The van der Waals surface area contributed by atoms with Crippen molar-refractivity contribution in [1.29, 1.82) is 5.26 Å². The molecule has 1 N–H and O–H groups in total. The van der Waals surface area contributed by atoms with Gasteiger partial charge in [0.2, 0.25) is 5.91 Å². The first-order valence-corrected chi connectivity index (χ1v) is 6.36. The van der Waals surface area contributed by atoms with E-state index in [2.05, 4.69) is 11.4 Å². The number of rotatable bonds is 3. The standard InChI is InChI=1S/C12H14N2OS/c1-9(10-3-6-16-7-10)14-11(15)12(8-13)4-2-5-12/h3,6-7,9H,2,4-5H2,1H3,(H,14,15). The largest absolute Gasteiger partial charge is 0.348 e. The molecule has 2 rings (SSSR count). The van der Waals surface area contributed by atoms with Gasteiger partial charge in [0.1, 0.15) is 5.41 Å². The molecule has 1 unspecified atom stereocenters. The van der Waals surface area contributed by atoms with Gasteiger partial charge in [0.15, 0.2) is 0 Å². The maximum atomic E-state index is 12.0. The van der Waals surface area contributed by atoms with Crippen molar-refractivity contribution in [2.45, 2.75) is 32.2 Å². The molecule has 1 aromatic heterocycles. The number of carbonyl (C=O) groups is 1. The van der Waals surface area contributed by atoms with Crippen LogP contribution in [0, 0.1) is 16.7 Å². The Hall–Kier alpha value is -1.34. The molecule has 1 fully saturated rings. The molecule has 1 heterocycles. The minimum Gasteiger partial charge on any atom is -0.348 e. The second-order valence-electron chi connectivity index (χ2n) is 4.30. The van der Waals surface area contributed by atoms with Crippen molar-refractivity contribution in [2.24, 2.45) is 5.41 Å². The second kappa shape index (κ2) is 4.26. The van der Waals surface area contributed by atoms with E-state index in [4.69, 9.17) is 5.26 Å². The highest BCUT2D eigenvalue weighted by atomic mass is 32.1. The van der Waals surface area contributed by atoms with Crippen molar-refractivity contribution in [2.75, 3.05) is 0 Å². The van der Waals surface area contributed by atoms with E-state index in [9.17, 15) is 4.79 Å². The van der Waals surface area contributed by atoms with Gasteiger partial charge in [-0.25, -0.2) is 0 Å². The number of nitriles is 1. The average Bonchev–Trinajstić information content (AvgIpc) is 2.69. The quantitative estimate of drug-likeness (QED) is 0.874. The van der Waals surface area contributed by atoms with Crippen molar-refractivity contribution < 1.29 is 4.79 Å². The summed E-state index contributed by atoms with van der Waals surface area (Å²) in [5.41, 5.74) is 0.357. The topological polar surface area (TPSA) is 52.9 Å². The SMILES string of the molecule is CC(NC(=O)C1(C#N)CCC1)c1ccsc1. The first-order valence-electron chi connectivity index (χ1n) is 5.42. The fraction of sp³-hybridized carbons (Fsp3) is 0.500. The van der Waals surface area contributed by atoms with Gasteiger partial charge < -0.3 is 5.32 Å². The summed E-state index contributed by atoms with van der Waals surface area (Å²) < 4.78 is 0. The summed E-state index contributed by atoms with van der Waals surface area (Å²) in [5, 5.41) is 16.0. The number of amides is 1. The first kappa shape index (κ1) is 11.2. The predicted molar refractivity (Wildman–Crippen MR) is 62.8 cm³/mol. The molecule has 1 aliphatic carbocycles. The van der Waals surface area contributed by atoms with Gasteiger partial charge in [0.25, 0.3) is 0 Å². The molecule has 0 bridgehead atoms. The lowest BCUT2D eigenvalue weighted by atomic mass is 9.69. The molecule has 16 heavy (non-hydrogen) atoms. The van der Waals surface area contributed by atoms with E-state index in [0.29, 0.717) is 12.8 Å². The lowest BCUT2D eigenvalue weighted by molar-refractivity contribution is -0.132. The second-order valence-corrected chi connectivity index (χ2v) is 5.08. The Labute approximate surface area is 99.1 Å². The van der Waals surface area contributed by atoms with Gasteiger partial charge in [-0.2, -0.15) is 16.6 Å². The smallest absolute Gasteiger partial charge is 0.240 e. The van der Waals surface area contributed by atoms with Crippen LogP contribution in [-0.4, -0.2) is 5.91 Å². The molecule has 3 nitrogen and oxygen atoms in total. The van der Waals surface area contributed by atoms with Gasteiger partial charge in [-0.05, 0) is 48.6 Å². The molecular formula is C12H14N2OS. The summed E-state index contributed by atoms with van der Waals surface area (Å²) in [6, 6.07) is 4.14.